The van der Waals surface area contributed by atoms with Gasteiger partial charge >= 0.3 is 13.6 Å². The number of hydrogen-bond donors (Lipinski definition) is 3. The van der Waals surface area contributed by atoms with E-state index in [4.69, 9.17) is 9.39 Å². The topological polar surface area (TPSA) is 83.6 Å². The molecule has 0 atom stereocenters. The van der Waals surface area contributed by atoms with Crippen molar-refractivity contribution < 1.29 is 19.3 Å². The standard InChI is InChI=1S/C19H28BN2O4/c1-17(2,3)25-16(23)22-14-9-8-13(15-12(14)10-11-21-15)20-26-19(6,7)18(4,5)24/h8-11,21,24H,1-7H3,(H,22,23). The third-order valence-electron chi connectivity index (χ3n) is 4.34. The van der Waals surface area contributed by atoms with Crippen LogP contribution in [-0.2, 0) is 9.39 Å². The average Bonchev–Trinajstić information content (AvgIpc) is 2.93. The number of rotatable bonds is 5. The highest BCUT2D eigenvalue weighted by molar-refractivity contribution is 6.51. The molecule has 0 aliphatic carbocycles. The van der Waals surface area contributed by atoms with E-state index in [-0.39, 0.29) is 0 Å². The normalized spacial score (nSPS) is 12.9. The van der Waals surface area contributed by atoms with Crippen LogP contribution in [0, 0.1) is 0 Å². The minimum atomic E-state index is -1.00. The molecule has 1 aromatic carbocycles. The number of fused-ring (bicyclic) bond motifs is 1. The van der Waals surface area contributed by atoms with E-state index >= 15 is 0 Å². The number of carbonyl (C=O) groups excluding carboxylic acids is 1. The quantitative estimate of drug-likeness (QED) is 0.715. The highest BCUT2D eigenvalue weighted by Gasteiger charge is 2.35. The number of hydrogen-bond acceptors (Lipinski definition) is 4. The summed E-state index contributed by atoms with van der Waals surface area (Å²) >= 11 is 0. The number of carbonyl (C=O) groups is 1. The molecular weight excluding hydrogens is 331 g/mol. The summed E-state index contributed by atoms with van der Waals surface area (Å²) in [7, 11) is 1.62. The first kappa shape index (κ1) is 20.3. The molecule has 1 amide bonds. The Bertz CT molecular complexity index is 785. The van der Waals surface area contributed by atoms with E-state index in [1.807, 2.05) is 46.8 Å². The van der Waals surface area contributed by atoms with Crippen molar-refractivity contribution in [3.8, 4) is 0 Å². The van der Waals surface area contributed by atoms with Crippen molar-refractivity contribution in [2.75, 3.05) is 5.32 Å². The molecule has 0 bridgehead atoms. The summed E-state index contributed by atoms with van der Waals surface area (Å²) in [5.41, 5.74) is -0.0434. The van der Waals surface area contributed by atoms with Crippen LogP contribution in [0.25, 0.3) is 10.9 Å². The van der Waals surface area contributed by atoms with Gasteiger partial charge in [-0.3, -0.25) is 5.32 Å². The summed E-state index contributed by atoms with van der Waals surface area (Å²) < 4.78 is 11.1. The van der Waals surface area contributed by atoms with Gasteiger partial charge in [0.05, 0.1) is 16.9 Å². The van der Waals surface area contributed by atoms with Crippen LogP contribution in [0.2, 0.25) is 0 Å². The average molecular weight is 359 g/mol. The lowest BCUT2D eigenvalue weighted by atomic mass is 9.81. The minimum Gasteiger partial charge on any atom is -0.444 e. The maximum Gasteiger partial charge on any atom is 0.412 e. The van der Waals surface area contributed by atoms with Crippen LogP contribution in [0.5, 0.6) is 0 Å². The van der Waals surface area contributed by atoms with Crippen LogP contribution in [0.3, 0.4) is 0 Å². The zero-order valence-corrected chi connectivity index (χ0v) is 16.6. The van der Waals surface area contributed by atoms with Crippen molar-refractivity contribution in [2.45, 2.75) is 65.3 Å². The summed E-state index contributed by atoms with van der Waals surface area (Å²) in [6.07, 6.45) is 1.29. The Kier molecular flexibility index (Phi) is 5.45. The van der Waals surface area contributed by atoms with E-state index in [1.54, 1.807) is 33.6 Å². The van der Waals surface area contributed by atoms with Gasteiger partial charge in [-0.2, -0.15) is 0 Å². The number of aromatic amines is 1. The lowest BCUT2D eigenvalue weighted by molar-refractivity contribution is -0.0893. The summed E-state index contributed by atoms with van der Waals surface area (Å²) in [5, 5.41) is 13.8. The second kappa shape index (κ2) is 6.97. The van der Waals surface area contributed by atoms with Crippen molar-refractivity contribution in [1.29, 1.82) is 0 Å². The molecule has 26 heavy (non-hydrogen) atoms. The molecule has 1 heterocycles. The van der Waals surface area contributed by atoms with Gasteiger partial charge < -0.3 is 19.5 Å². The highest BCUT2D eigenvalue weighted by Crippen LogP contribution is 2.26. The van der Waals surface area contributed by atoms with Crippen LogP contribution in [0.4, 0.5) is 10.5 Å². The fraction of sp³-hybridized carbons (Fsp3) is 0.526. The van der Waals surface area contributed by atoms with Gasteiger partial charge in [-0.1, -0.05) is 6.07 Å². The van der Waals surface area contributed by atoms with Crippen molar-refractivity contribution in [3.05, 3.63) is 24.4 Å². The molecule has 0 unspecified atom stereocenters. The molecule has 7 heteroatoms. The van der Waals surface area contributed by atoms with Crippen LogP contribution < -0.4 is 10.8 Å². The number of benzene rings is 1. The molecule has 0 saturated carbocycles. The van der Waals surface area contributed by atoms with Gasteiger partial charge in [0, 0.05) is 17.1 Å². The predicted molar refractivity (Wildman–Crippen MR) is 105 cm³/mol. The van der Waals surface area contributed by atoms with Gasteiger partial charge in [-0.15, -0.1) is 0 Å². The lowest BCUT2D eigenvalue weighted by Crippen LogP contribution is -2.49. The van der Waals surface area contributed by atoms with Crippen LogP contribution >= 0.6 is 0 Å². The van der Waals surface area contributed by atoms with Crippen LogP contribution in [-0.4, -0.2) is 40.5 Å². The number of H-pyrrole nitrogens is 1. The summed E-state index contributed by atoms with van der Waals surface area (Å²) in [5.74, 6) is 0. The summed E-state index contributed by atoms with van der Waals surface area (Å²) in [6, 6.07) is 5.51. The summed E-state index contributed by atoms with van der Waals surface area (Å²) in [6.45, 7) is 12.5. The van der Waals surface area contributed by atoms with Crippen molar-refractivity contribution >= 4 is 35.6 Å². The Hall–Kier alpha value is -1.99. The van der Waals surface area contributed by atoms with Gasteiger partial charge in [-0.05, 0) is 66.1 Å². The molecule has 141 valence electrons. The molecule has 2 rings (SSSR count). The van der Waals surface area contributed by atoms with Crippen molar-refractivity contribution in [3.63, 3.8) is 0 Å². The fourth-order valence-electron chi connectivity index (χ4n) is 2.15. The maximum absolute atomic E-state index is 12.0. The van der Waals surface area contributed by atoms with Crippen LogP contribution in [0.1, 0.15) is 48.5 Å². The number of nitrogens with one attached hydrogen (secondary N) is 2. The monoisotopic (exact) mass is 359 g/mol. The van der Waals surface area contributed by atoms with Gasteiger partial charge in [-0.25, -0.2) is 4.79 Å². The number of aromatic nitrogens is 1. The van der Waals surface area contributed by atoms with Crippen molar-refractivity contribution in [2.24, 2.45) is 0 Å². The number of anilines is 1. The zero-order valence-electron chi connectivity index (χ0n) is 16.6. The molecule has 0 aliphatic heterocycles. The van der Waals surface area contributed by atoms with Crippen LogP contribution in [0.15, 0.2) is 24.4 Å². The largest absolute Gasteiger partial charge is 0.444 e. The Balaban J connectivity index is 2.20. The molecule has 0 fully saturated rings. The van der Waals surface area contributed by atoms with E-state index in [0.717, 1.165) is 16.4 Å². The molecule has 0 saturated heterocycles. The number of ether oxygens (including phenoxy) is 1. The third-order valence-corrected chi connectivity index (χ3v) is 4.34. The molecule has 0 aliphatic rings. The van der Waals surface area contributed by atoms with E-state index in [9.17, 15) is 9.90 Å². The van der Waals surface area contributed by atoms with Crippen molar-refractivity contribution in [1.82, 2.24) is 4.98 Å². The molecule has 6 nitrogen and oxygen atoms in total. The molecular formula is C19H28BN2O4. The third kappa shape index (κ3) is 4.80. The maximum atomic E-state index is 12.0. The molecule has 1 radical (unpaired) electrons. The molecule has 2 aromatic rings. The van der Waals surface area contributed by atoms with E-state index in [2.05, 4.69) is 10.3 Å². The second-order valence-corrected chi connectivity index (χ2v) is 8.40. The first-order valence-electron chi connectivity index (χ1n) is 8.64. The Morgan fingerprint density at radius 1 is 1.12 bits per heavy atom. The van der Waals surface area contributed by atoms with Gasteiger partial charge in [0.15, 0.2) is 0 Å². The zero-order chi connectivity index (χ0) is 19.8. The predicted octanol–water partition coefficient (Wildman–Crippen LogP) is 3.33. The highest BCUT2D eigenvalue weighted by atomic mass is 16.6. The smallest absolute Gasteiger partial charge is 0.412 e. The van der Waals surface area contributed by atoms with E-state index in [0.29, 0.717) is 5.69 Å². The van der Waals surface area contributed by atoms with E-state index in [1.165, 1.54) is 0 Å². The lowest BCUT2D eigenvalue weighted by Gasteiger charge is -2.37. The van der Waals surface area contributed by atoms with Gasteiger partial charge in [0.2, 0.25) is 0 Å². The molecule has 0 spiro atoms. The minimum absolute atomic E-state index is 0.504. The first-order valence-corrected chi connectivity index (χ1v) is 8.64. The Labute approximate surface area is 155 Å². The summed E-state index contributed by atoms with van der Waals surface area (Å²) in [4.78, 5) is 15.2. The number of aliphatic hydroxyl groups is 1. The first-order chi connectivity index (χ1) is 11.8. The number of amides is 1. The Morgan fingerprint density at radius 2 is 1.77 bits per heavy atom. The fourth-order valence-corrected chi connectivity index (χ4v) is 2.15. The van der Waals surface area contributed by atoms with Gasteiger partial charge in [0.25, 0.3) is 0 Å². The van der Waals surface area contributed by atoms with Gasteiger partial charge in [0.1, 0.15) is 5.60 Å². The molecule has 1 aromatic heterocycles. The molecule has 3 N–H and O–H groups in total. The second-order valence-electron chi connectivity index (χ2n) is 8.40. The van der Waals surface area contributed by atoms with E-state index < -0.39 is 22.9 Å². The SMILES string of the molecule is CC(C)(C)OC(=O)Nc1ccc([B]OC(C)(C)C(C)(C)O)c2[nH]ccc12. The Morgan fingerprint density at radius 3 is 2.35 bits per heavy atom.